The molecular formula is C30H18F12. The zero-order chi connectivity index (χ0) is 31.5. The van der Waals surface area contributed by atoms with Crippen LogP contribution in [0.15, 0.2) is 18.2 Å². The minimum absolute atomic E-state index is 0.427. The molecule has 0 bridgehead atoms. The third-order valence-corrected chi connectivity index (χ3v) is 6.86. The first-order chi connectivity index (χ1) is 19.6. The van der Waals surface area contributed by atoms with Crippen molar-refractivity contribution in [3.05, 3.63) is 105 Å². The Labute approximate surface area is 231 Å². The van der Waals surface area contributed by atoms with E-state index in [0.29, 0.717) is 25.1 Å². The number of hydrogen-bond acceptors (Lipinski definition) is 0. The lowest BCUT2D eigenvalue weighted by Crippen LogP contribution is -2.09. The molecular weight excluding hydrogens is 588 g/mol. The molecule has 0 radical (unpaired) electrons. The van der Waals surface area contributed by atoms with E-state index in [-0.39, 0.29) is 0 Å². The summed E-state index contributed by atoms with van der Waals surface area (Å²) in [7, 11) is 0. The van der Waals surface area contributed by atoms with Crippen LogP contribution in [0.25, 0.3) is 33.4 Å². The minimum Gasteiger partial charge on any atom is -0.203 e. The first kappa shape index (κ1) is 31.0. The first-order valence-electron chi connectivity index (χ1n) is 12.3. The Bertz CT molecular complexity index is 1690. The van der Waals surface area contributed by atoms with E-state index >= 15 is 17.6 Å². The molecule has 0 aliphatic carbocycles. The summed E-state index contributed by atoms with van der Waals surface area (Å²) in [5.41, 5.74) is -10.9. The smallest absolute Gasteiger partial charge is 0.170 e. The summed E-state index contributed by atoms with van der Waals surface area (Å²) in [6.07, 6.45) is -0.521. The maximum Gasteiger partial charge on any atom is 0.170 e. The first-order valence-corrected chi connectivity index (χ1v) is 12.3. The second-order valence-electron chi connectivity index (χ2n) is 9.72. The Kier molecular flexibility index (Phi) is 8.14. The van der Waals surface area contributed by atoms with Gasteiger partial charge >= 0.3 is 0 Å². The fraction of sp³-hybridized carbons (Fsp3) is 0.200. The van der Waals surface area contributed by atoms with E-state index < -0.39 is 132 Å². The summed E-state index contributed by atoms with van der Waals surface area (Å²) in [6, 6.07) is 1.29. The summed E-state index contributed by atoms with van der Waals surface area (Å²) in [4.78, 5) is 0. The Morgan fingerprint density at radius 3 is 1.02 bits per heavy atom. The van der Waals surface area contributed by atoms with Crippen molar-refractivity contribution in [1.82, 2.24) is 0 Å². The van der Waals surface area contributed by atoms with Gasteiger partial charge in [-0.3, -0.25) is 0 Å². The van der Waals surface area contributed by atoms with Crippen LogP contribution >= 0.6 is 0 Å². The number of hydrogen-bond donors (Lipinski definition) is 0. The lowest BCUT2D eigenvalue weighted by molar-refractivity contribution is 0.436. The minimum atomic E-state index is -2.05. The van der Waals surface area contributed by atoms with Crippen LogP contribution in [0.3, 0.4) is 0 Å². The maximum absolute atomic E-state index is 15.2. The zero-order valence-corrected chi connectivity index (χ0v) is 22.1. The normalized spacial score (nSPS) is 11.6. The van der Waals surface area contributed by atoms with Gasteiger partial charge in [0, 0.05) is 16.7 Å². The molecule has 42 heavy (non-hydrogen) atoms. The van der Waals surface area contributed by atoms with Crippen LogP contribution in [0, 0.1) is 76.7 Å². The highest BCUT2D eigenvalue weighted by molar-refractivity contribution is 5.83. The van der Waals surface area contributed by atoms with Crippen molar-refractivity contribution < 1.29 is 52.7 Å². The van der Waals surface area contributed by atoms with Gasteiger partial charge in [-0.1, -0.05) is 20.8 Å². The van der Waals surface area contributed by atoms with Gasteiger partial charge in [-0.25, -0.2) is 52.7 Å². The van der Waals surface area contributed by atoms with Crippen molar-refractivity contribution in [2.45, 2.75) is 40.0 Å². The molecule has 4 aromatic carbocycles. The van der Waals surface area contributed by atoms with Crippen LogP contribution in [0.1, 0.15) is 43.4 Å². The summed E-state index contributed by atoms with van der Waals surface area (Å²) in [5.74, 6) is -24.7. The highest BCUT2D eigenvalue weighted by Crippen LogP contribution is 2.42. The molecule has 0 amide bonds. The third kappa shape index (κ3) is 4.60. The fourth-order valence-corrected chi connectivity index (χ4v) is 4.71. The second kappa shape index (κ2) is 11.0. The Morgan fingerprint density at radius 1 is 0.452 bits per heavy atom. The highest BCUT2D eigenvalue weighted by atomic mass is 19.2. The Hall–Kier alpha value is -3.96. The standard InChI is InChI=1S/C30H18F12/c1-5-14-21(33)27(39)17(28(40)22(14)34)12-6-11(16-25(37)19(31)10(4)20(32)26(16)38)7-13(8-12)18-29(41)23(35)15(9(2)3)24(36)30(18)42/h6-9H,5H2,1-4H3. The second-order valence-corrected chi connectivity index (χ2v) is 9.72. The van der Waals surface area contributed by atoms with E-state index in [1.165, 1.54) is 20.8 Å². The molecule has 0 aliphatic rings. The molecule has 0 saturated carbocycles. The molecule has 0 aromatic heterocycles. The van der Waals surface area contributed by atoms with Gasteiger partial charge in [0.05, 0.1) is 16.7 Å². The molecule has 4 aromatic rings. The zero-order valence-electron chi connectivity index (χ0n) is 22.1. The van der Waals surface area contributed by atoms with Gasteiger partial charge in [-0.15, -0.1) is 0 Å². The largest absolute Gasteiger partial charge is 0.203 e. The summed E-state index contributed by atoms with van der Waals surface area (Å²) >= 11 is 0. The summed E-state index contributed by atoms with van der Waals surface area (Å²) in [5, 5.41) is 0. The maximum atomic E-state index is 15.2. The van der Waals surface area contributed by atoms with Crippen LogP contribution in [0.4, 0.5) is 52.7 Å². The number of rotatable bonds is 5. The average Bonchev–Trinajstić information content (AvgIpc) is 2.93. The van der Waals surface area contributed by atoms with Gasteiger partial charge in [-0.2, -0.15) is 0 Å². The molecule has 0 aliphatic heterocycles. The van der Waals surface area contributed by atoms with Crippen molar-refractivity contribution in [3.8, 4) is 33.4 Å². The lowest BCUT2D eigenvalue weighted by Gasteiger charge is -2.18. The van der Waals surface area contributed by atoms with Gasteiger partial charge in [-0.05, 0) is 54.2 Å². The molecule has 0 saturated heterocycles. The van der Waals surface area contributed by atoms with E-state index in [9.17, 15) is 35.1 Å². The van der Waals surface area contributed by atoms with Crippen molar-refractivity contribution in [1.29, 1.82) is 0 Å². The van der Waals surface area contributed by atoms with Crippen LogP contribution in [-0.4, -0.2) is 0 Å². The predicted octanol–water partition coefficient (Wildman–Crippen LogP) is 10.4. The molecule has 0 heterocycles. The van der Waals surface area contributed by atoms with Gasteiger partial charge in [0.2, 0.25) is 0 Å². The van der Waals surface area contributed by atoms with E-state index in [2.05, 4.69) is 0 Å². The highest BCUT2D eigenvalue weighted by Gasteiger charge is 2.31. The van der Waals surface area contributed by atoms with Crippen LogP contribution < -0.4 is 0 Å². The quantitative estimate of drug-likeness (QED) is 0.157. The molecule has 222 valence electrons. The molecule has 4 rings (SSSR count). The molecule has 12 heteroatoms. The van der Waals surface area contributed by atoms with Gasteiger partial charge in [0.1, 0.15) is 0 Å². The average molecular weight is 606 g/mol. The number of halogens is 12. The number of benzene rings is 4. The molecule has 0 N–H and O–H groups in total. The van der Waals surface area contributed by atoms with Crippen LogP contribution in [0.2, 0.25) is 0 Å². The van der Waals surface area contributed by atoms with Gasteiger partial charge in [0.15, 0.2) is 69.8 Å². The monoisotopic (exact) mass is 606 g/mol. The molecule has 0 fully saturated rings. The molecule has 0 spiro atoms. The molecule has 0 atom stereocenters. The van der Waals surface area contributed by atoms with Crippen molar-refractivity contribution in [3.63, 3.8) is 0 Å². The topological polar surface area (TPSA) is 0 Å². The molecule has 0 unspecified atom stereocenters. The predicted molar refractivity (Wildman–Crippen MR) is 130 cm³/mol. The SMILES string of the molecule is CCc1c(F)c(F)c(-c2cc(-c3c(F)c(F)c(C)c(F)c3F)cc(-c3c(F)c(F)c(C(C)C)c(F)c3F)c2)c(F)c1F. The lowest BCUT2D eigenvalue weighted by atomic mass is 9.89. The van der Waals surface area contributed by atoms with Crippen molar-refractivity contribution in [2.75, 3.05) is 0 Å². The van der Waals surface area contributed by atoms with E-state index in [0.717, 1.165) is 0 Å². The fourth-order valence-electron chi connectivity index (χ4n) is 4.71. The Morgan fingerprint density at radius 2 is 0.738 bits per heavy atom. The van der Waals surface area contributed by atoms with Crippen LogP contribution in [-0.2, 0) is 6.42 Å². The van der Waals surface area contributed by atoms with E-state index in [4.69, 9.17) is 0 Å². The van der Waals surface area contributed by atoms with Gasteiger partial charge in [0.25, 0.3) is 0 Å². The van der Waals surface area contributed by atoms with Crippen molar-refractivity contribution >= 4 is 0 Å². The Balaban J connectivity index is 2.22. The summed E-state index contributed by atoms with van der Waals surface area (Å²) < 4.78 is 178. The van der Waals surface area contributed by atoms with Crippen molar-refractivity contribution in [2.24, 2.45) is 0 Å². The van der Waals surface area contributed by atoms with E-state index in [1.807, 2.05) is 0 Å². The van der Waals surface area contributed by atoms with E-state index in [1.54, 1.807) is 0 Å². The molecule has 0 nitrogen and oxygen atoms in total. The van der Waals surface area contributed by atoms with Crippen LogP contribution in [0.5, 0.6) is 0 Å². The summed E-state index contributed by atoms with van der Waals surface area (Å²) in [6.45, 7) is 4.26. The third-order valence-electron chi connectivity index (χ3n) is 6.86. The van der Waals surface area contributed by atoms with Gasteiger partial charge < -0.3 is 0 Å².